The minimum absolute atomic E-state index is 0.000938. The molecule has 0 atom stereocenters. The maximum absolute atomic E-state index is 12.5. The van der Waals surface area contributed by atoms with Gasteiger partial charge in [0.2, 0.25) is 0 Å². The standard InChI is InChI=1S/C18H21N3O4/c1-11(2)20-17(22)12-7-8-19-15(9-12)18(23)21-14-10-13(24-3)5-6-16(14)25-4/h5-11H,1-4H3,(H,20,22)(H,21,23). The zero-order chi connectivity index (χ0) is 18.4. The number of carbonyl (C=O) groups is 2. The Labute approximate surface area is 146 Å². The molecule has 0 saturated heterocycles. The monoisotopic (exact) mass is 343 g/mol. The van der Waals surface area contributed by atoms with Crippen LogP contribution in [-0.2, 0) is 0 Å². The van der Waals surface area contributed by atoms with Gasteiger partial charge < -0.3 is 20.1 Å². The molecule has 0 aliphatic rings. The van der Waals surface area contributed by atoms with Crippen LogP contribution >= 0.6 is 0 Å². The minimum atomic E-state index is -0.453. The number of methoxy groups -OCH3 is 2. The highest BCUT2D eigenvalue weighted by Gasteiger charge is 2.15. The van der Waals surface area contributed by atoms with Gasteiger partial charge in [0.05, 0.1) is 19.9 Å². The molecule has 0 spiro atoms. The lowest BCUT2D eigenvalue weighted by Crippen LogP contribution is -2.30. The van der Waals surface area contributed by atoms with E-state index in [2.05, 4.69) is 15.6 Å². The Morgan fingerprint density at radius 2 is 1.80 bits per heavy atom. The molecule has 1 heterocycles. The molecule has 2 aromatic rings. The molecule has 1 aromatic carbocycles. The van der Waals surface area contributed by atoms with Crippen molar-refractivity contribution in [2.45, 2.75) is 19.9 Å². The predicted molar refractivity (Wildman–Crippen MR) is 94.3 cm³/mol. The van der Waals surface area contributed by atoms with Crippen molar-refractivity contribution < 1.29 is 19.1 Å². The number of benzene rings is 1. The quantitative estimate of drug-likeness (QED) is 0.841. The van der Waals surface area contributed by atoms with Crippen molar-refractivity contribution in [1.29, 1.82) is 0 Å². The largest absolute Gasteiger partial charge is 0.497 e. The SMILES string of the molecule is COc1ccc(OC)c(NC(=O)c2cc(C(=O)NC(C)C)ccn2)c1. The summed E-state index contributed by atoms with van der Waals surface area (Å²) in [5, 5.41) is 5.49. The fourth-order valence-corrected chi connectivity index (χ4v) is 2.14. The van der Waals surface area contributed by atoms with Crippen LogP contribution in [0.5, 0.6) is 11.5 Å². The number of ether oxygens (including phenoxy) is 2. The molecule has 2 amide bonds. The van der Waals surface area contributed by atoms with Crippen LogP contribution in [0.15, 0.2) is 36.5 Å². The van der Waals surface area contributed by atoms with Crippen LogP contribution in [0.4, 0.5) is 5.69 Å². The second kappa shape index (κ2) is 8.14. The van der Waals surface area contributed by atoms with Gasteiger partial charge in [0.1, 0.15) is 17.2 Å². The molecule has 2 rings (SSSR count). The maximum atomic E-state index is 12.5. The van der Waals surface area contributed by atoms with E-state index in [1.165, 1.54) is 26.5 Å². The molecular weight excluding hydrogens is 322 g/mol. The van der Waals surface area contributed by atoms with Gasteiger partial charge in [-0.2, -0.15) is 0 Å². The van der Waals surface area contributed by atoms with Gasteiger partial charge in [-0.1, -0.05) is 0 Å². The summed E-state index contributed by atoms with van der Waals surface area (Å²) >= 11 is 0. The van der Waals surface area contributed by atoms with Crippen molar-refractivity contribution in [2.24, 2.45) is 0 Å². The van der Waals surface area contributed by atoms with Gasteiger partial charge in [-0.05, 0) is 38.1 Å². The van der Waals surface area contributed by atoms with Crippen molar-refractivity contribution in [3.8, 4) is 11.5 Å². The molecule has 0 aliphatic carbocycles. The van der Waals surface area contributed by atoms with E-state index >= 15 is 0 Å². The number of carbonyl (C=O) groups excluding carboxylic acids is 2. The number of hydrogen-bond acceptors (Lipinski definition) is 5. The first kappa shape index (κ1) is 18.3. The molecule has 0 unspecified atom stereocenters. The normalized spacial score (nSPS) is 10.3. The van der Waals surface area contributed by atoms with E-state index in [9.17, 15) is 9.59 Å². The molecule has 7 nitrogen and oxygen atoms in total. The van der Waals surface area contributed by atoms with E-state index in [0.717, 1.165) is 0 Å². The van der Waals surface area contributed by atoms with Gasteiger partial charge in [0, 0.05) is 23.9 Å². The molecule has 0 bridgehead atoms. The summed E-state index contributed by atoms with van der Waals surface area (Å²) in [6, 6.07) is 8.06. The zero-order valence-corrected chi connectivity index (χ0v) is 14.6. The van der Waals surface area contributed by atoms with Crippen molar-refractivity contribution in [2.75, 3.05) is 19.5 Å². The summed E-state index contributed by atoms with van der Waals surface area (Å²) in [5.41, 5.74) is 0.943. The van der Waals surface area contributed by atoms with Crippen LogP contribution < -0.4 is 20.1 Å². The summed E-state index contributed by atoms with van der Waals surface area (Å²) in [6.45, 7) is 3.73. The lowest BCUT2D eigenvalue weighted by atomic mass is 10.2. The van der Waals surface area contributed by atoms with Crippen molar-refractivity contribution in [3.63, 3.8) is 0 Å². The number of rotatable bonds is 6. The Balaban J connectivity index is 2.23. The van der Waals surface area contributed by atoms with Crippen LogP contribution in [0, 0.1) is 0 Å². The van der Waals surface area contributed by atoms with Crippen LogP contribution in [0.3, 0.4) is 0 Å². The molecule has 1 aromatic heterocycles. The minimum Gasteiger partial charge on any atom is -0.497 e. The third-order valence-corrected chi connectivity index (χ3v) is 3.33. The van der Waals surface area contributed by atoms with Crippen molar-refractivity contribution >= 4 is 17.5 Å². The summed E-state index contributed by atoms with van der Waals surface area (Å²) < 4.78 is 10.4. The van der Waals surface area contributed by atoms with E-state index in [1.807, 2.05) is 13.8 Å². The third kappa shape index (κ3) is 4.69. The molecule has 25 heavy (non-hydrogen) atoms. The van der Waals surface area contributed by atoms with E-state index < -0.39 is 5.91 Å². The zero-order valence-electron chi connectivity index (χ0n) is 14.6. The molecular formula is C18H21N3O4. The number of pyridine rings is 1. The van der Waals surface area contributed by atoms with E-state index in [4.69, 9.17) is 9.47 Å². The number of aromatic nitrogens is 1. The third-order valence-electron chi connectivity index (χ3n) is 3.33. The summed E-state index contributed by atoms with van der Waals surface area (Å²) in [5.74, 6) is 0.355. The van der Waals surface area contributed by atoms with Gasteiger partial charge in [-0.25, -0.2) is 0 Å². The fraction of sp³-hybridized carbons (Fsp3) is 0.278. The number of amides is 2. The topological polar surface area (TPSA) is 89.5 Å². The van der Waals surface area contributed by atoms with Crippen LogP contribution in [0.1, 0.15) is 34.7 Å². The lowest BCUT2D eigenvalue weighted by Gasteiger charge is -2.12. The Bertz CT molecular complexity index is 775. The van der Waals surface area contributed by atoms with E-state index in [1.54, 1.807) is 24.3 Å². The maximum Gasteiger partial charge on any atom is 0.274 e. The average molecular weight is 343 g/mol. The molecule has 7 heteroatoms. The van der Waals surface area contributed by atoms with Crippen LogP contribution in [-0.4, -0.2) is 37.1 Å². The van der Waals surface area contributed by atoms with Gasteiger partial charge >= 0.3 is 0 Å². The van der Waals surface area contributed by atoms with Gasteiger partial charge in [-0.3, -0.25) is 14.6 Å². The predicted octanol–water partition coefficient (Wildman–Crippen LogP) is 2.49. The second-order valence-corrected chi connectivity index (χ2v) is 5.58. The smallest absolute Gasteiger partial charge is 0.274 e. The molecule has 0 radical (unpaired) electrons. The molecule has 2 N–H and O–H groups in total. The number of nitrogens with zero attached hydrogens (tertiary/aromatic N) is 1. The van der Waals surface area contributed by atoms with E-state index in [0.29, 0.717) is 22.7 Å². The van der Waals surface area contributed by atoms with Crippen molar-refractivity contribution in [3.05, 3.63) is 47.8 Å². The molecule has 132 valence electrons. The number of hydrogen-bond donors (Lipinski definition) is 2. The van der Waals surface area contributed by atoms with Crippen LogP contribution in [0.25, 0.3) is 0 Å². The summed E-state index contributed by atoms with van der Waals surface area (Å²) in [6.07, 6.45) is 1.42. The highest BCUT2D eigenvalue weighted by Crippen LogP contribution is 2.29. The molecule has 0 aliphatic heterocycles. The number of anilines is 1. The Hall–Kier alpha value is -3.09. The van der Waals surface area contributed by atoms with Crippen LogP contribution in [0.2, 0.25) is 0 Å². The Morgan fingerprint density at radius 1 is 1.04 bits per heavy atom. The Morgan fingerprint density at radius 3 is 2.44 bits per heavy atom. The first-order chi connectivity index (χ1) is 11.9. The molecule has 0 fully saturated rings. The average Bonchev–Trinajstić information content (AvgIpc) is 2.61. The Kier molecular flexibility index (Phi) is 5.94. The number of nitrogens with one attached hydrogen (secondary N) is 2. The summed E-state index contributed by atoms with van der Waals surface area (Å²) in [4.78, 5) is 28.6. The highest BCUT2D eigenvalue weighted by atomic mass is 16.5. The first-order valence-corrected chi connectivity index (χ1v) is 7.75. The fourth-order valence-electron chi connectivity index (χ4n) is 2.14. The van der Waals surface area contributed by atoms with Gasteiger partial charge in [0.15, 0.2) is 0 Å². The molecule has 0 saturated carbocycles. The lowest BCUT2D eigenvalue weighted by molar-refractivity contribution is 0.0943. The second-order valence-electron chi connectivity index (χ2n) is 5.58. The highest BCUT2D eigenvalue weighted by molar-refractivity contribution is 6.05. The van der Waals surface area contributed by atoms with Crippen molar-refractivity contribution in [1.82, 2.24) is 10.3 Å². The van der Waals surface area contributed by atoms with E-state index in [-0.39, 0.29) is 17.6 Å². The summed E-state index contributed by atoms with van der Waals surface area (Å²) in [7, 11) is 3.04. The first-order valence-electron chi connectivity index (χ1n) is 7.75. The van der Waals surface area contributed by atoms with Gasteiger partial charge in [-0.15, -0.1) is 0 Å². The van der Waals surface area contributed by atoms with Gasteiger partial charge in [0.25, 0.3) is 11.8 Å².